The van der Waals surface area contributed by atoms with E-state index >= 15 is 0 Å². The molecule has 0 atom stereocenters. The average molecular weight is 283 g/mol. The highest BCUT2D eigenvalue weighted by Crippen LogP contribution is 2.17. The third kappa shape index (κ3) is 2.42. The predicted molar refractivity (Wildman–Crippen MR) is 68.2 cm³/mol. The molecule has 0 saturated heterocycles. The van der Waals surface area contributed by atoms with Crippen molar-refractivity contribution >= 4 is 21.7 Å². The largest absolute Gasteiger partial charge is 0.384 e. The van der Waals surface area contributed by atoms with Crippen molar-refractivity contribution in [2.75, 3.05) is 4.72 Å². The summed E-state index contributed by atoms with van der Waals surface area (Å²) in [6.07, 6.45) is 4.06. The van der Waals surface area contributed by atoms with Crippen LogP contribution in [0.2, 0.25) is 0 Å². The van der Waals surface area contributed by atoms with Crippen LogP contribution >= 0.6 is 0 Å². The number of nitrogen functional groups attached to an aromatic ring is 1. The smallest absolute Gasteiger partial charge is 0.282 e. The van der Waals surface area contributed by atoms with E-state index in [0.717, 1.165) is 0 Å². The second-order valence-corrected chi connectivity index (χ2v) is 5.56. The number of nitrogens with zero attached hydrogens (tertiary/aromatic N) is 4. The molecular weight excluding hydrogens is 270 g/mol. The van der Waals surface area contributed by atoms with Gasteiger partial charge in [0.15, 0.2) is 5.03 Å². The van der Waals surface area contributed by atoms with Gasteiger partial charge in [0.25, 0.3) is 10.0 Å². The Morgan fingerprint density at radius 3 is 2.68 bits per heavy atom. The standard InChI is InChI=1S/C9H13N7O2S/c1-15-4-7(12-5-15)19(17,18)14-9-6(8(10)11)3-13-16(9)2/h3-5,14H,1-2H3,(H3,10,11). The molecule has 0 bridgehead atoms. The minimum atomic E-state index is -3.84. The molecule has 0 amide bonds. The number of rotatable bonds is 4. The lowest BCUT2D eigenvalue weighted by molar-refractivity contribution is 0.597. The summed E-state index contributed by atoms with van der Waals surface area (Å²) >= 11 is 0. The van der Waals surface area contributed by atoms with Crippen LogP contribution in [0.3, 0.4) is 0 Å². The van der Waals surface area contributed by atoms with Crippen LogP contribution in [0.25, 0.3) is 0 Å². The Hall–Kier alpha value is -2.36. The van der Waals surface area contributed by atoms with Crippen LogP contribution in [0.1, 0.15) is 5.56 Å². The Morgan fingerprint density at radius 1 is 1.47 bits per heavy atom. The van der Waals surface area contributed by atoms with Gasteiger partial charge < -0.3 is 10.3 Å². The second-order valence-electron chi connectivity index (χ2n) is 3.93. The van der Waals surface area contributed by atoms with Gasteiger partial charge in [0.2, 0.25) is 0 Å². The zero-order chi connectivity index (χ0) is 14.2. The summed E-state index contributed by atoms with van der Waals surface area (Å²) in [5, 5.41) is 11.1. The average Bonchev–Trinajstić information content (AvgIpc) is 2.87. The van der Waals surface area contributed by atoms with Crippen molar-refractivity contribution in [3.8, 4) is 0 Å². The second kappa shape index (κ2) is 4.39. The molecule has 0 aliphatic heterocycles. The van der Waals surface area contributed by atoms with E-state index in [2.05, 4.69) is 14.8 Å². The number of hydrogen-bond donors (Lipinski definition) is 3. The summed E-state index contributed by atoms with van der Waals surface area (Å²) in [5.74, 6) is -0.148. The Labute approximate surface area is 109 Å². The van der Waals surface area contributed by atoms with Crippen molar-refractivity contribution in [1.29, 1.82) is 5.41 Å². The van der Waals surface area contributed by atoms with Crippen LogP contribution in [-0.4, -0.2) is 33.6 Å². The van der Waals surface area contributed by atoms with Gasteiger partial charge in [0, 0.05) is 20.3 Å². The highest BCUT2D eigenvalue weighted by Gasteiger charge is 2.21. The monoisotopic (exact) mass is 283 g/mol. The lowest BCUT2D eigenvalue weighted by Crippen LogP contribution is -2.20. The molecule has 10 heteroatoms. The van der Waals surface area contributed by atoms with Crippen molar-refractivity contribution < 1.29 is 8.42 Å². The number of amidine groups is 1. The summed E-state index contributed by atoms with van der Waals surface area (Å²) in [6, 6.07) is 0. The van der Waals surface area contributed by atoms with Gasteiger partial charge in [-0.3, -0.25) is 14.8 Å². The number of imidazole rings is 1. The van der Waals surface area contributed by atoms with Gasteiger partial charge in [-0.1, -0.05) is 0 Å². The van der Waals surface area contributed by atoms with Gasteiger partial charge in [0.1, 0.15) is 11.7 Å². The Bertz CT molecular complexity index is 728. The first-order valence-corrected chi connectivity index (χ1v) is 6.67. The third-order valence-corrected chi connectivity index (χ3v) is 3.64. The van der Waals surface area contributed by atoms with E-state index in [1.807, 2.05) is 0 Å². The quantitative estimate of drug-likeness (QED) is 0.501. The van der Waals surface area contributed by atoms with Gasteiger partial charge in [-0.25, -0.2) is 4.98 Å². The van der Waals surface area contributed by atoms with Crippen molar-refractivity contribution in [1.82, 2.24) is 19.3 Å². The first kappa shape index (κ1) is 13.1. The molecule has 0 aliphatic rings. The molecule has 0 aliphatic carbocycles. The van der Waals surface area contributed by atoms with Crippen LogP contribution in [-0.2, 0) is 24.1 Å². The molecule has 2 aromatic rings. The van der Waals surface area contributed by atoms with Crippen molar-refractivity contribution in [2.24, 2.45) is 19.8 Å². The minimum Gasteiger partial charge on any atom is -0.384 e. The molecule has 9 nitrogen and oxygen atoms in total. The summed E-state index contributed by atoms with van der Waals surface area (Å²) in [4.78, 5) is 3.77. The number of anilines is 1. The molecule has 0 saturated carbocycles. The van der Waals surface area contributed by atoms with E-state index in [-0.39, 0.29) is 22.2 Å². The lowest BCUT2D eigenvalue weighted by Gasteiger charge is -2.08. The Balaban J connectivity index is 2.41. The molecular formula is C9H13N7O2S. The minimum absolute atomic E-state index is 0.120. The first-order chi connectivity index (χ1) is 8.81. The summed E-state index contributed by atoms with van der Waals surface area (Å²) in [5.41, 5.74) is 5.58. The van der Waals surface area contributed by atoms with Crippen LogP contribution < -0.4 is 10.5 Å². The van der Waals surface area contributed by atoms with E-state index in [9.17, 15) is 8.42 Å². The zero-order valence-electron chi connectivity index (χ0n) is 10.3. The van der Waals surface area contributed by atoms with Gasteiger partial charge in [-0.15, -0.1) is 0 Å². The maximum atomic E-state index is 12.1. The van der Waals surface area contributed by atoms with Crippen LogP contribution in [0.4, 0.5) is 5.82 Å². The molecule has 19 heavy (non-hydrogen) atoms. The molecule has 2 rings (SSSR count). The van der Waals surface area contributed by atoms with Gasteiger partial charge in [-0.2, -0.15) is 13.5 Å². The molecule has 0 fully saturated rings. The molecule has 2 aromatic heterocycles. The fraction of sp³-hybridized carbons (Fsp3) is 0.222. The van der Waals surface area contributed by atoms with Crippen LogP contribution in [0, 0.1) is 5.41 Å². The fourth-order valence-electron chi connectivity index (χ4n) is 1.46. The summed E-state index contributed by atoms with van der Waals surface area (Å²) in [6.45, 7) is 0. The molecule has 4 N–H and O–H groups in total. The number of aryl methyl sites for hydroxylation is 2. The number of nitrogens with one attached hydrogen (secondary N) is 2. The molecule has 0 unspecified atom stereocenters. The van der Waals surface area contributed by atoms with E-state index in [1.165, 1.54) is 28.0 Å². The lowest BCUT2D eigenvalue weighted by atomic mass is 10.3. The van der Waals surface area contributed by atoms with Gasteiger partial charge >= 0.3 is 0 Å². The topological polar surface area (TPSA) is 132 Å². The summed E-state index contributed by atoms with van der Waals surface area (Å²) in [7, 11) is -0.628. The maximum Gasteiger partial charge on any atom is 0.282 e. The molecule has 2 heterocycles. The maximum absolute atomic E-state index is 12.1. The van der Waals surface area contributed by atoms with E-state index in [4.69, 9.17) is 11.1 Å². The molecule has 0 radical (unpaired) electrons. The SMILES string of the molecule is Cn1cnc(S(=O)(=O)Nc2c(C(=N)N)cnn2C)c1. The third-order valence-electron chi connectivity index (χ3n) is 2.42. The van der Waals surface area contributed by atoms with Gasteiger partial charge in [-0.05, 0) is 0 Å². The Kier molecular flexibility index (Phi) is 3.02. The van der Waals surface area contributed by atoms with E-state index in [0.29, 0.717) is 0 Å². The summed E-state index contributed by atoms with van der Waals surface area (Å²) < 4.78 is 29.3. The van der Waals surface area contributed by atoms with Crippen molar-refractivity contribution in [3.05, 3.63) is 24.3 Å². The first-order valence-electron chi connectivity index (χ1n) is 5.18. The predicted octanol–water partition coefficient (Wildman–Crippen LogP) is -0.762. The number of hydrogen-bond acceptors (Lipinski definition) is 5. The van der Waals surface area contributed by atoms with Crippen LogP contribution in [0.15, 0.2) is 23.7 Å². The number of sulfonamides is 1. The molecule has 102 valence electrons. The molecule has 0 spiro atoms. The van der Waals surface area contributed by atoms with Crippen molar-refractivity contribution in [2.45, 2.75) is 5.03 Å². The highest BCUT2D eigenvalue weighted by atomic mass is 32.2. The van der Waals surface area contributed by atoms with Gasteiger partial charge in [0.05, 0.1) is 18.1 Å². The van der Waals surface area contributed by atoms with Crippen LogP contribution in [0.5, 0.6) is 0 Å². The molecule has 0 aromatic carbocycles. The fourth-order valence-corrected chi connectivity index (χ4v) is 2.55. The van der Waals surface area contributed by atoms with E-state index in [1.54, 1.807) is 14.1 Å². The normalized spacial score (nSPS) is 11.5. The number of nitrogens with two attached hydrogens (primary N) is 1. The van der Waals surface area contributed by atoms with E-state index < -0.39 is 10.0 Å². The Morgan fingerprint density at radius 2 is 2.16 bits per heavy atom. The number of aromatic nitrogens is 4. The zero-order valence-corrected chi connectivity index (χ0v) is 11.1. The highest BCUT2D eigenvalue weighted by molar-refractivity contribution is 7.92. The van der Waals surface area contributed by atoms with Crippen molar-refractivity contribution in [3.63, 3.8) is 0 Å².